The zero-order chi connectivity index (χ0) is 23.8. The molecule has 5 nitrogen and oxygen atoms in total. The number of amides is 1. The number of methoxy groups -OCH3 is 1. The molecule has 1 aliphatic rings. The molecule has 2 heterocycles. The van der Waals surface area contributed by atoms with Gasteiger partial charge in [0.25, 0.3) is 0 Å². The number of carbonyl (C=O) groups excluding carboxylic acids is 1. The normalized spacial score (nSPS) is 15.7. The van der Waals surface area contributed by atoms with Crippen LogP contribution in [0.5, 0.6) is 5.75 Å². The van der Waals surface area contributed by atoms with Crippen LogP contribution in [0.1, 0.15) is 22.9 Å². The van der Waals surface area contributed by atoms with Crippen LogP contribution in [0.2, 0.25) is 0 Å². The van der Waals surface area contributed by atoms with Gasteiger partial charge in [-0.2, -0.15) is 0 Å². The van der Waals surface area contributed by atoms with E-state index in [2.05, 4.69) is 63.7 Å². The molecule has 6 rings (SSSR count). The molecule has 1 aromatic heterocycles. The quantitative estimate of drug-likeness (QED) is 0.342. The fourth-order valence-electron chi connectivity index (χ4n) is 5.33. The number of hydrogen-bond acceptors (Lipinski definition) is 3. The van der Waals surface area contributed by atoms with Crippen LogP contribution in [-0.2, 0) is 11.2 Å². The maximum Gasteiger partial charge on any atom is 0.238 e. The lowest BCUT2D eigenvalue weighted by Crippen LogP contribution is -2.41. The Morgan fingerprint density at radius 3 is 2.51 bits per heavy atom. The van der Waals surface area contributed by atoms with Crippen molar-refractivity contribution in [2.24, 2.45) is 0 Å². The van der Waals surface area contributed by atoms with Crippen molar-refractivity contribution < 1.29 is 9.53 Å². The number of ether oxygens (including phenoxy) is 1. The molecule has 1 amide bonds. The van der Waals surface area contributed by atoms with Gasteiger partial charge < -0.3 is 15.0 Å². The molecule has 1 aliphatic heterocycles. The van der Waals surface area contributed by atoms with Gasteiger partial charge in [-0.3, -0.25) is 9.69 Å². The van der Waals surface area contributed by atoms with Crippen molar-refractivity contribution in [2.45, 2.75) is 12.5 Å². The van der Waals surface area contributed by atoms with E-state index in [9.17, 15) is 4.79 Å². The molecule has 0 aliphatic carbocycles. The highest BCUT2D eigenvalue weighted by atomic mass is 16.5. The molecule has 0 saturated carbocycles. The molecule has 2 N–H and O–H groups in total. The highest BCUT2D eigenvalue weighted by Crippen LogP contribution is 2.38. The highest BCUT2D eigenvalue weighted by Gasteiger charge is 2.32. The number of nitrogens with one attached hydrogen (secondary N) is 2. The number of aromatic nitrogens is 1. The second-order valence-corrected chi connectivity index (χ2v) is 9.03. The van der Waals surface area contributed by atoms with Crippen LogP contribution in [0.4, 0.5) is 5.69 Å². The van der Waals surface area contributed by atoms with Crippen LogP contribution in [-0.4, -0.2) is 36.0 Å². The first-order valence-electron chi connectivity index (χ1n) is 12.0. The molecule has 4 aromatic carbocycles. The number of para-hydroxylation sites is 1. The number of hydrogen-bond donors (Lipinski definition) is 2. The summed E-state index contributed by atoms with van der Waals surface area (Å²) in [6, 6.07) is 30.7. The molecule has 1 atom stereocenters. The Hall–Kier alpha value is -4.09. The Labute approximate surface area is 204 Å². The van der Waals surface area contributed by atoms with Crippen molar-refractivity contribution >= 4 is 33.3 Å². The smallest absolute Gasteiger partial charge is 0.238 e. The third kappa shape index (κ3) is 3.94. The first-order chi connectivity index (χ1) is 17.2. The van der Waals surface area contributed by atoms with E-state index in [1.807, 2.05) is 42.5 Å². The molecule has 0 spiro atoms. The van der Waals surface area contributed by atoms with Crippen molar-refractivity contribution in [3.05, 3.63) is 108 Å². The Kier molecular flexibility index (Phi) is 5.47. The van der Waals surface area contributed by atoms with E-state index in [0.717, 1.165) is 46.3 Å². The van der Waals surface area contributed by atoms with Gasteiger partial charge in [0.05, 0.1) is 19.7 Å². The number of carbonyl (C=O) groups is 1. The van der Waals surface area contributed by atoms with E-state index >= 15 is 0 Å². The fraction of sp³-hybridized carbons (Fsp3) is 0.167. The van der Waals surface area contributed by atoms with E-state index in [-0.39, 0.29) is 11.9 Å². The van der Waals surface area contributed by atoms with Gasteiger partial charge in [0.15, 0.2) is 0 Å². The van der Waals surface area contributed by atoms with Gasteiger partial charge in [-0.25, -0.2) is 0 Å². The van der Waals surface area contributed by atoms with Crippen LogP contribution < -0.4 is 10.1 Å². The SMILES string of the molecule is COc1ccc([C@@H]2c3[nH]c4ccccc4c3CCN2CC(=O)Nc2cccc3ccccc23)cc1. The van der Waals surface area contributed by atoms with Crippen molar-refractivity contribution in [2.75, 3.05) is 25.5 Å². The molecule has 0 fully saturated rings. The third-order valence-corrected chi connectivity index (χ3v) is 6.98. The standard InChI is InChI=1S/C30H27N3O2/c1-35-22-15-13-21(14-16-22)30-29-25(24-10-4-5-11-27(24)32-29)17-18-33(30)19-28(34)31-26-12-6-8-20-7-2-3-9-23(20)26/h2-16,30,32H,17-19H2,1H3,(H,31,34)/t30-/m1/s1. The molecule has 5 aromatic rings. The highest BCUT2D eigenvalue weighted by molar-refractivity contribution is 6.02. The van der Waals surface area contributed by atoms with E-state index in [4.69, 9.17) is 4.74 Å². The molecule has 35 heavy (non-hydrogen) atoms. The molecule has 0 saturated heterocycles. The molecule has 0 bridgehead atoms. The van der Waals surface area contributed by atoms with E-state index in [1.165, 1.54) is 16.6 Å². The van der Waals surface area contributed by atoms with Crippen LogP contribution in [0.25, 0.3) is 21.7 Å². The summed E-state index contributed by atoms with van der Waals surface area (Å²) in [6.45, 7) is 1.10. The fourth-order valence-corrected chi connectivity index (χ4v) is 5.33. The van der Waals surface area contributed by atoms with Crippen LogP contribution in [0.15, 0.2) is 91.0 Å². The van der Waals surface area contributed by atoms with Crippen molar-refractivity contribution in [3.63, 3.8) is 0 Å². The molecular formula is C30H27N3O2. The van der Waals surface area contributed by atoms with Crippen molar-refractivity contribution in [1.82, 2.24) is 9.88 Å². The first kappa shape index (κ1) is 21.4. The summed E-state index contributed by atoms with van der Waals surface area (Å²) >= 11 is 0. The summed E-state index contributed by atoms with van der Waals surface area (Å²) in [4.78, 5) is 19.2. The second-order valence-electron chi connectivity index (χ2n) is 9.03. The average molecular weight is 462 g/mol. The van der Waals surface area contributed by atoms with E-state index in [1.54, 1.807) is 7.11 Å². The summed E-state index contributed by atoms with van der Waals surface area (Å²) in [5.41, 5.74) is 5.62. The first-order valence-corrected chi connectivity index (χ1v) is 12.0. The number of fused-ring (bicyclic) bond motifs is 4. The van der Waals surface area contributed by atoms with Crippen LogP contribution >= 0.6 is 0 Å². The maximum atomic E-state index is 13.3. The zero-order valence-electron chi connectivity index (χ0n) is 19.6. The lowest BCUT2D eigenvalue weighted by Gasteiger charge is -2.35. The van der Waals surface area contributed by atoms with Gasteiger partial charge in [0, 0.05) is 34.2 Å². The maximum absolute atomic E-state index is 13.3. The van der Waals surface area contributed by atoms with Gasteiger partial charge in [0.1, 0.15) is 5.75 Å². The molecule has 0 radical (unpaired) electrons. The Morgan fingerprint density at radius 1 is 0.943 bits per heavy atom. The van der Waals surface area contributed by atoms with Gasteiger partial charge in [-0.15, -0.1) is 0 Å². The van der Waals surface area contributed by atoms with Crippen LogP contribution in [0.3, 0.4) is 0 Å². The Bertz CT molecular complexity index is 1520. The minimum absolute atomic E-state index is 0.0144. The van der Waals surface area contributed by atoms with Gasteiger partial charge >= 0.3 is 0 Å². The Balaban J connectivity index is 1.34. The van der Waals surface area contributed by atoms with Gasteiger partial charge in [-0.05, 0) is 47.2 Å². The predicted molar refractivity (Wildman–Crippen MR) is 141 cm³/mol. The number of H-pyrrole nitrogens is 1. The lowest BCUT2D eigenvalue weighted by molar-refractivity contribution is -0.117. The Morgan fingerprint density at radius 2 is 1.69 bits per heavy atom. The van der Waals surface area contributed by atoms with Crippen LogP contribution in [0, 0.1) is 0 Å². The van der Waals surface area contributed by atoms with E-state index < -0.39 is 0 Å². The predicted octanol–water partition coefficient (Wildman–Crippen LogP) is 5.92. The molecule has 174 valence electrons. The number of rotatable bonds is 5. The number of nitrogens with zero attached hydrogens (tertiary/aromatic N) is 1. The molecular weight excluding hydrogens is 434 g/mol. The number of benzene rings is 4. The number of anilines is 1. The molecule has 0 unspecified atom stereocenters. The topological polar surface area (TPSA) is 57.4 Å². The average Bonchev–Trinajstić information content (AvgIpc) is 3.27. The zero-order valence-corrected chi connectivity index (χ0v) is 19.6. The summed E-state index contributed by atoms with van der Waals surface area (Å²) in [6.07, 6.45) is 0.896. The molecule has 5 heteroatoms. The largest absolute Gasteiger partial charge is 0.497 e. The third-order valence-electron chi connectivity index (χ3n) is 6.98. The monoisotopic (exact) mass is 461 g/mol. The minimum Gasteiger partial charge on any atom is -0.497 e. The van der Waals surface area contributed by atoms with Crippen molar-refractivity contribution in [1.29, 1.82) is 0 Å². The van der Waals surface area contributed by atoms with Crippen molar-refractivity contribution in [3.8, 4) is 5.75 Å². The number of aromatic amines is 1. The van der Waals surface area contributed by atoms with E-state index in [0.29, 0.717) is 6.54 Å². The summed E-state index contributed by atoms with van der Waals surface area (Å²) in [5, 5.41) is 6.59. The summed E-state index contributed by atoms with van der Waals surface area (Å²) in [7, 11) is 1.68. The van der Waals surface area contributed by atoms with Gasteiger partial charge in [0.2, 0.25) is 5.91 Å². The lowest BCUT2D eigenvalue weighted by atomic mass is 9.92. The second kappa shape index (κ2) is 8.93. The summed E-state index contributed by atoms with van der Waals surface area (Å²) < 4.78 is 5.38. The summed E-state index contributed by atoms with van der Waals surface area (Å²) in [5.74, 6) is 0.807. The van der Waals surface area contributed by atoms with Gasteiger partial charge in [-0.1, -0.05) is 66.7 Å². The minimum atomic E-state index is -0.0460.